The molecule has 20 heavy (non-hydrogen) atoms. The first-order valence-corrected chi connectivity index (χ1v) is 6.15. The summed E-state index contributed by atoms with van der Waals surface area (Å²) < 4.78 is 0. The van der Waals surface area contributed by atoms with Gasteiger partial charge in [-0.2, -0.15) is 0 Å². The van der Waals surface area contributed by atoms with Crippen LogP contribution in [-0.4, -0.2) is 45.6 Å². The van der Waals surface area contributed by atoms with Gasteiger partial charge < -0.3 is 20.4 Å². The Morgan fingerprint density at radius 2 is 1.15 bits per heavy atom. The van der Waals surface area contributed by atoms with Crippen LogP contribution in [0, 0.1) is 13.8 Å². The molecule has 0 saturated carbocycles. The molecule has 0 saturated heterocycles. The minimum Gasteiger partial charge on any atom is -0.478 e. The molecule has 0 aliphatic rings. The van der Waals surface area contributed by atoms with Crippen molar-refractivity contribution in [1.82, 2.24) is 0 Å². The van der Waals surface area contributed by atoms with Gasteiger partial charge in [-0.3, -0.25) is 0 Å². The summed E-state index contributed by atoms with van der Waals surface area (Å²) >= 11 is 0. The molecule has 6 heteroatoms. The van der Waals surface area contributed by atoms with Gasteiger partial charge in [0, 0.05) is 13.2 Å². The van der Waals surface area contributed by atoms with E-state index in [1.807, 2.05) is 0 Å². The maximum atomic E-state index is 10.7. The molecule has 0 aliphatic carbocycles. The summed E-state index contributed by atoms with van der Waals surface area (Å²) in [4.78, 5) is 21.4. The molecule has 0 aliphatic heterocycles. The largest absolute Gasteiger partial charge is 0.478 e. The number of carboxylic acids is 2. The van der Waals surface area contributed by atoms with E-state index in [2.05, 4.69) is 0 Å². The van der Waals surface area contributed by atoms with Crippen LogP contribution in [0.2, 0.25) is 0 Å². The first kappa shape index (κ1) is 18.1. The molecule has 1 aromatic carbocycles. The maximum absolute atomic E-state index is 10.7. The molecule has 1 aromatic rings. The minimum absolute atomic E-state index is 0.146. The van der Waals surface area contributed by atoms with Gasteiger partial charge in [-0.25, -0.2) is 9.59 Å². The highest BCUT2D eigenvalue weighted by Gasteiger charge is 2.14. The van der Waals surface area contributed by atoms with Gasteiger partial charge in [0.1, 0.15) is 0 Å². The van der Waals surface area contributed by atoms with Crippen LogP contribution in [0.3, 0.4) is 0 Å². The van der Waals surface area contributed by atoms with Crippen molar-refractivity contribution in [3.8, 4) is 0 Å². The lowest BCUT2D eigenvalue weighted by Gasteiger charge is -2.07. The van der Waals surface area contributed by atoms with Gasteiger partial charge in [0.15, 0.2) is 0 Å². The number of hydrogen-bond donors (Lipinski definition) is 4. The number of carbonyl (C=O) groups is 2. The Labute approximate surface area is 117 Å². The molecule has 0 amide bonds. The van der Waals surface area contributed by atoms with Crippen LogP contribution >= 0.6 is 0 Å². The third kappa shape index (κ3) is 5.38. The van der Waals surface area contributed by atoms with Crippen molar-refractivity contribution < 1.29 is 30.0 Å². The number of carboxylic acid groups (broad SMARTS) is 2. The van der Waals surface area contributed by atoms with E-state index < -0.39 is 11.9 Å². The predicted octanol–water partition coefficient (Wildman–Crippen LogP) is 1.45. The van der Waals surface area contributed by atoms with Crippen molar-refractivity contribution in [2.24, 2.45) is 0 Å². The lowest BCUT2D eigenvalue weighted by atomic mass is 9.98. The van der Waals surface area contributed by atoms with Crippen LogP contribution in [0.1, 0.15) is 44.7 Å². The zero-order chi connectivity index (χ0) is 15.7. The highest BCUT2D eigenvalue weighted by atomic mass is 16.4. The van der Waals surface area contributed by atoms with Gasteiger partial charge in [-0.15, -0.1) is 0 Å². The van der Waals surface area contributed by atoms with Crippen molar-refractivity contribution in [3.63, 3.8) is 0 Å². The van der Waals surface area contributed by atoms with Crippen LogP contribution in [0.25, 0.3) is 0 Å². The number of rotatable bonds is 5. The van der Waals surface area contributed by atoms with Gasteiger partial charge in [-0.05, 0) is 49.9 Å². The Bertz CT molecular complexity index is 424. The second-order valence-corrected chi connectivity index (χ2v) is 4.18. The van der Waals surface area contributed by atoms with Crippen LogP contribution in [0.5, 0.6) is 0 Å². The van der Waals surface area contributed by atoms with Gasteiger partial charge in [0.05, 0.1) is 11.1 Å². The third-order valence-electron chi connectivity index (χ3n) is 2.81. The quantitative estimate of drug-likeness (QED) is 0.608. The Morgan fingerprint density at radius 1 is 0.850 bits per heavy atom. The summed E-state index contributed by atoms with van der Waals surface area (Å²) in [6, 6.07) is 2.63. The van der Waals surface area contributed by atoms with E-state index in [9.17, 15) is 9.59 Å². The van der Waals surface area contributed by atoms with Crippen LogP contribution in [0.15, 0.2) is 12.1 Å². The maximum Gasteiger partial charge on any atom is 0.335 e. The average Bonchev–Trinajstić information content (AvgIpc) is 2.39. The monoisotopic (exact) mass is 284 g/mol. The summed E-state index contributed by atoms with van der Waals surface area (Å²) in [5.41, 5.74) is 1.29. The minimum atomic E-state index is -1.04. The second-order valence-electron chi connectivity index (χ2n) is 4.18. The number of benzene rings is 1. The highest BCUT2D eigenvalue weighted by Crippen LogP contribution is 2.17. The molecule has 0 fully saturated rings. The fourth-order valence-electron chi connectivity index (χ4n) is 1.51. The standard InChI is InChI=1S/C10H10O4.C4H10O2/c1-5-6(2)8(10(13)14)4-3-7(5)9(11)12;5-3-1-2-4-6/h3-4H,1-2H3,(H,11,12)(H,13,14);5-6H,1-4H2. The van der Waals surface area contributed by atoms with Gasteiger partial charge in [0.25, 0.3) is 0 Å². The van der Waals surface area contributed by atoms with E-state index >= 15 is 0 Å². The first-order valence-electron chi connectivity index (χ1n) is 6.15. The SMILES string of the molecule is Cc1c(C(=O)O)ccc(C(=O)O)c1C.OCCCCO. The number of hydrogen-bond acceptors (Lipinski definition) is 4. The Balaban J connectivity index is 0.000000511. The van der Waals surface area contributed by atoms with Crippen LogP contribution in [-0.2, 0) is 0 Å². The predicted molar refractivity (Wildman–Crippen MR) is 73.2 cm³/mol. The number of aliphatic hydroxyl groups is 2. The van der Waals surface area contributed by atoms with Gasteiger partial charge in [0.2, 0.25) is 0 Å². The van der Waals surface area contributed by atoms with E-state index in [0.717, 1.165) is 12.8 Å². The molecule has 0 bridgehead atoms. The van der Waals surface area contributed by atoms with Crippen LogP contribution in [0.4, 0.5) is 0 Å². The smallest absolute Gasteiger partial charge is 0.335 e. The molecule has 0 spiro atoms. The summed E-state index contributed by atoms with van der Waals surface area (Å²) in [7, 11) is 0. The van der Waals surface area contributed by atoms with Gasteiger partial charge >= 0.3 is 11.9 Å². The summed E-state index contributed by atoms with van der Waals surface area (Å²) in [5, 5.41) is 33.7. The molecule has 0 aromatic heterocycles. The van der Waals surface area contributed by atoms with Crippen molar-refractivity contribution in [2.75, 3.05) is 13.2 Å². The average molecular weight is 284 g/mol. The zero-order valence-corrected chi connectivity index (χ0v) is 11.6. The highest BCUT2D eigenvalue weighted by molar-refractivity contribution is 5.94. The van der Waals surface area contributed by atoms with Crippen molar-refractivity contribution >= 4 is 11.9 Å². The number of aromatic carboxylic acids is 2. The summed E-state index contributed by atoms with van der Waals surface area (Å²) in [6.45, 7) is 3.59. The molecular formula is C14H20O6. The third-order valence-corrected chi connectivity index (χ3v) is 2.81. The van der Waals surface area contributed by atoms with E-state index in [1.54, 1.807) is 13.8 Å². The Morgan fingerprint density at radius 3 is 1.35 bits per heavy atom. The first-order chi connectivity index (χ1) is 9.36. The molecule has 0 atom stereocenters. The van der Waals surface area contributed by atoms with Crippen molar-refractivity contribution in [2.45, 2.75) is 26.7 Å². The molecule has 4 N–H and O–H groups in total. The van der Waals surface area contributed by atoms with E-state index in [0.29, 0.717) is 11.1 Å². The number of aliphatic hydroxyl groups excluding tert-OH is 2. The Hall–Kier alpha value is -1.92. The molecule has 0 unspecified atom stereocenters. The Kier molecular flexibility index (Phi) is 8.19. The fraction of sp³-hybridized carbons (Fsp3) is 0.429. The topological polar surface area (TPSA) is 115 Å². The lowest BCUT2D eigenvalue weighted by molar-refractivity contribution is 0.0679. The molecule has 6 nitrogen and oxygen atoms in total. The van der Waals surface area contributed by atoms with Crippen molar-refractivity contribution in [1.29, 1.82) is 0 Å². The van der Waals surface area contributed by atoms with E-state index in [-0.39, 0.29) is 24.3 Å². The van der Waals surface area contributed by atoms with Crippen molar-refractivity contribution in [3.05, 3.63) is 34.4 Å². The molecule has 0 radical (unpaired) electrons. The summed E-state index contributed by atoms with van der Waals surface area (Å²) in [5.74, 6) is -2.08. The van der Waals surface area contributed by atoms with E-state index in [4.69, 9.17) is 20.4 Å². The normalized spacial score (nSPS) is 9.60. The molecular weight excluding hydrogens is 264 g/mol. The summed E-state index contributed by atoms with van der Waals surface area (Å²) in [6.07, 6.45) is 1.44. The van der Waals surface area contributed by atoms with Gasteiger partial charge in [-0.1, -0.05) is 0 Å². The molecule has 1 rings (SSSR count). The van der Waals surface area contributed by atoms with Crippen LogP contribution < -0.4 is 0 Å². The lowest BCUT2D eigenvalue weighted by Crippen LogP contribution is -2.06. The molecule has 0 heterocycles. The number of unbranched alkanes of at least 4 members (excludes halogenated alkanes) is 1. The second kappa shape index (κ2) is 9.06. The zero-order valence-electron chi connectivity index (χ0n) is 11.6. The molecule has 112 valence electrons. The van der Waals surface area contributed by atoms with E-state index in [1.165, 1.54) is 12.1 Å². The fourth-order valence-corrected chi connectivity index (χ4v) is 1.51.